The zero-order chi connectivity index (χ0) is 9.14. The third-order valence-corrected chi connectivity index (χ3v) is 1.80. The Balaban J connectivity index is 3.09. The van der Waals surface area contributed by atoms with Gasteiger partial charge in [0.05, 0.1) is 6.04 Å². The summed E-state index contributed by atoms with van der Waals surface area (Å²) in [6, 6.07) is 5.14. The van der Waals surface area contributed by atoms with E-state index in [0.29, 0.717) is 0 Å². The molecule has 1 atom stereocenters. The minimum Gasteiger partial charge on any atom is -0.508 e. The van der Waals surface area contributed by atoms with E-state index >= 15 is 0 Å². The van der Waals surface area contributed by atoms with Gasteiger partial charge in [0.1, 0.15) is 5.75 Å². The number of aryl methyl sites for hydroxylation is 1. The Kier molecular flexibility index (Phi) is 2.51. The first-order valence-electron chi connectivity index (χ1n) is 3.83. The molecule has 1 aromatic rings. The van der Waals surface area contributed by atoms with Crippen molar-refractivity contribution in [2.75, 3.05) is 0 Å². The molecule has 2 heteroatoms. The molecule has 0 aromatic heterocycles. The van der Waals surface area contributed by atoms with E-state index in [9.17, 15) is 5.11 Å². The summed E-state index contributed by atoms with van der Waals surface area (Å²) >= 11 is 0. The molecule has 0 aliphatic heterocycles. The lowest BCUT2D eigenvalue weighted by molar-refractivity contribution is 0.465. The summed E-state index contributed by atoms with van der Waals surface area (Å²) in [4.78, 5) is 0. The fourth-order valence-electron chi connectivity index (χ4n) is 1.06. The van der Waals surface area contributed by atoms with Gasteiger partial charge in [0.15, 0.2) is 0 Å². The minimum absolute atomic E-state index is 0.238. The number of hydrogen-bond acceptors (Lipinski definition) is 2. The molecule has 12 heavy (non-hydrogen) atoms. The lowest BCUT2D eigenvalue weighted by atomic mass is 10.0. The van der Waals surface area contributed by atoms with Crippen LogP contribution in [0, 0.1) is 6.92 Å². The van der Waals surface area contributed by atoms with Gasteiger partial charge >= 0.3 is 0 Å². The van der Waals surface area contributed by atoms with Crippen LogP contribution in [0.4, 0.5) is 0 Å². The van der Waals surface area contributed by atoms with E-state index in [1.54, 1.807) is 12.1 Å². The van der Waals surface area contributed by atoms with Gasteiger partial charge in [0, 0.05) is 5.56 Å². The molecule has 3 N–H and O–H groups in total. The zero-order valence-electron chi connectivity index (χ0n) is 7.12. The lowest BCUT2D eigenvalue weighted by Crippen LogP contribution is -2.06. The van der Waals surface area contributed by atoms with Crippen molar-refractivity contribution in [2.24, 2.45) is 5.73 Å². The number of aromatic hydroxyl groups is 1. The maximum Gasteiger partial charge on any atom is 0.120 e. The lowest BCUT2D eigenvalue weighted by Gasteiger charge is -2.08. The van der Waals surface area contributed by atoms with Crippen molar-refractivity contribution >= 4 is 0 Å². The molecule has 0 aliphatic carbocycles. The average molecular weight is 163 g/mol. The van der Waals surface area contributed by atoms with Gasteiger partial charge in [0.2, 0.25) is 0 Å². The minimum atomic E-state index is -0.286. The number of nitrogens with two attached hydrogens (primary N) is 1. The number of phenolic OH excluding ortho intramolecular Hbond substituents is 1. The van der Waals surface area contributed by atoms with Crippen molar-refractivity contribution in [1.82, 2.24) is 0 Å². The second kappa shape index (κ2) is 3.41. The number of benzene rings is 1. The Labute approximate surface area is 72.3 Å². The Hall–Kier alpha value is -1.28. The predicted molar refractivity (Wildman–Crippen MR) is 50.0 cm³/mol. The topological polar surface area (TPSA) is 46.2 Å². The fraction of sp³-hybridized carbons (Fsp3) is 0.200. The summed E-state index contributed by atoms with van der Waals surface area (Å²) in [5.74, 6) is 0.238. The first-order valence-corrected chi connectivity index (χ1v) is 3.83. The molecule has 0 radical (unpaired) electrons. The number of phenols is 1. The molecule has 0 saturated carbocycles. The van der Waals surface area contributed by atoms with Crippen LogP contribution in [0.25, 0.3) is 0 Å². The van der Waals surface area contributed by atoms with Gasteiger partial charge in [-0.3, -0.25) is 0 Å². The number of rotatable bonds is 2. The molecule has 0 bridgehead atoms. The van der Waals surface area contributed by atoms with Gasteiger partial charge in [-0.15, -0.1) is 6.58 Å². The molecule has 2 nitrogen and oxygen atoms in total. The van der Waals surface area contributed by atoms with Crippen molar-refractivity contribution in [3.63, 3.8) is 0 Å². The summed E-state index contributed by atoms with van der Waals surface area (Å²) in [5.41, 5.74) is 7.41. The molecule has 0 unspecified atom stereocenters. The van der Waals surface area contributed by atoms with E-state index in [4.69, 9.17) is 5.73 Å². The van der Waals surface area contributed by atoms with Crippen LogP contribution in [0.3, 0.4) is 0 Å². The van der Waals surface area contributed by atoms with E-state index in [2.05, 4.69) is 6.58 Å². The summed E-state index contributed by atoms with van der Waals surface area (Å²) in [6.45, 7) is 5.48. The summed E-state index contributed by atoms with van der Waals surface area (Å²) in [7, 11) is 0. The van der Waals surface area contributed by atoms with Crippen molar-refractivity contribution in [2.45, 2.75) is 13.0 Å². The molecule has 1 rings (SSSR count). The van der Waals surface area contributed by atoms with Crippen LogP contribution >= 0.6 is 0 Å². The van der Waals surface area contributed by atoms with Crippen LogP contribution in [0.1, 0.15) is 17.2 Å². The Bertz CT molecular complexity index is 294. The van der Waals surface area contributed by atoms with Crippen LogP contribution < -0.4 is 5.73 Å². The summed E-state index contributed by atoms with van der Waals surface area (Å²) < 4.78 is 0. The zero-order valence-corrected chi connectivity index (χ0v) is 7.12. The van der Waals surface area contributed by atoms with E-state index in [1.807, 2.05) is 19.1 Å². The third kappa shape index (κ3) is 1.66. The van der Waals surface area contributed by atoms with Gasteiger partial charge < -0.3 is 10.8 Å². The molecule has 64 valence electrons. The quantitative estimate of drug-likeness (QED) is 0.654. The average Bonchev–Trinajstić information content (AvgIpc) is 2.03. The highest BCUT2D eigenvalue weighted by Crippen LogP contribution is 2.23. The van der Waals surface area contributed by atoms with Crippen molar-refractivity contribution in [3.8, 4) is 5.75 Å². The Morgan fingerprint density at radius 2 is 2.25 bits per heavy atom. The Morgan fingerprint density at radius 3 is 2.75 bits per heavy atom. The molecule has 0 spiro atoms. The molecule has 0 amide bonds. The highest BCUT2D eigenvalue weighted by atomic mass is 16.3. The molecule has 0 fully saturated rings. The van der Waals surface area contributed by atoms with Crippen LogP contribution in [-0.2, 0) is 0 Å². The van der Waals surface area contributed by atoms with Crippen LogP contribution in [0.5, 0.6) is 5.75 Å². The van der Waals surface area contributed by atoms with Crippen molar-refractivity contribution in [3.05, 3.63) is 42.0 Å². The molecule has 0 aliphatic rings. The standard InChI is InChI=1S/C10H13NO/c1-3-9(11)8-5-4-7(2)6-10(8)12/h3-6,9,12H,1,11H2,2H3/t9-/m1/s1. The highest BCUT2D eigenvalue weighted by Gasteiger charge is 2.06. The Morgan fingerprint density at radius 1 is 1.58 bits per heavy atom. The largest absolute Gasteiger partial charge is 0.508 e. The normalized spacial score (nSPS) is 12.5. The molecular weight excluding hydrogens is 150 g/mol. The molecule has 1 aromatic carbocycles. The number of hydrogen-bond donors (Lipinski definition) is 2. The second-order valence-corrected chi connectivity index (χ2v) is 2.82. The van der Waals surface area contributed by atoms with Gasteiger partial charge in [-0.25, -0.2) is 0 Å². The van der Waals surface area contributed by atoms with E-state index in [0.717, 1.165) is 11.1 Å². The molecule has 0 saturated heterocycles. The second-order valence-electron chi connectivity index (χ2n) is 2.82. The summed E-state index contributed by atoms with van der Waals surface area (Å²) in [5, 5.41) is 9.47. The highest BCUT2D eigenvalue weighted by molar-refractivity contribution is 5.39. The van der Waals surface area contributed by atoms with Gasteiger partial charge in [-0.1, -0.05) is 18.2 Å². The van der Waals surface area contributed by atoms with E-state index in [1.165, 1.54) is 0 Å². The monoisotopic (exact) mass is 163 g/mol. The van der Waals surface area contributed by atoms with Gasteiger partial charge in [-0.05, 0) is 18.6 Å². The molecule has 0 heterocycles. The third-order valence-electron chi connectivity index (χ3n) is 1.80. The predicted octanol–water partition coefficient (Wildman–Crippen LogP) is 1.89. The van der Waals surface area contributed by atoms with Crippen LogP contribution in [0.2, 0.25) is 0 Å². The van der Waals surface area contributed by atoms with E-state index < -0.39 is 0 Å². The summed E-state index contributed by atoms with van der Waals surface area (Å²) in [6.07, 6.45) is 1.60. The van der Waals surface area contributed by atoms with Crippen LogP contribution in [-0.4, -0.2) is 5.11 Å². The van der Waals surface area contributed by atoms with Crippen LogP contribution in [0.15, 0.2) is 30.9 Å². The smallest absolute Gasteiger partial charge is 0.120 e. The first-order chi connectivity index (χ1) is 5.65. The van der Waals surface area contributed by atoms with Gasteiger partial charge in [0.25, 0.3) is 0 Å². The molecular formula is C10H13NO. The van der Waals surface area contributed by atoms with Gasteiger partial charge in [-0.2, -0.15) is 0 Å². The fourth-order valence-corrected chi connectivity index (χ4v) is 1.06. The first kappa shape index (κ1) is 8.81. The van der Waals surface area contributed by atoms with Crippen molar-refractivity contribution in [1.29, 1.82) is 0 Å². The van der Waals surface area contributed by atoms with Crippen molar-refractivity contribution < 1.29 is 5.11 Å². The van der Waals surface area contributed by atoms with E-state index in [-0.39, 0.29) is 11.8 Å². The SMILES string of the molecule is C=C[C@@H](N)c1ccc(C)cc1O. The maximum atomic E-state index is 9.47. The maximum absolute atomic E-state index is 9.47.